The van der Waals surface area contributed by atoms with E-state index in [1.54, 1.807) is 0 Å². The second-order valence-electron chi connectivity index (χ2n) is 6.63. The molecule has 1 aromatic heterocycles. The molecule has 0 aromatic carbocycles. The first-order valence-corrected chi connectivity index (χ1v) is 7.60. The SMILES string of the molecule is CCc1cc(CC)n(C(C)C(C)CNC(C)(C)C)n1. The Balaban J connectivity index is 2.75. The molecule has 2 unspecified atom stereocenters. The highest BCUT2D eigenvalue weighted by molar-refractivity contribution is 5.11. The molecule has 2 atom stereocenters. The van der Waals surface area contributed by atoms with Gasteiger partial charge in [-0.1, -0.05) is 20.8 Å². The molecule has 110 valence electrons. The third kappa shape index (κ3) is 4.64. The fourth-order valence-electron chi connectivity index (χ4n) is 2.16. The highest BCUT2D eigenvalue weighted by atomic mass is 15.3. The maximum absolute atomic E-state index is 4.75. The van der Waals surface area contributed by atoms with Crippen molar-refractivity contribution in [3.63, 3.8) is 0 Å². The van der Waals surface area contributed by atoms with E-state index in [9.17, 15) is 0 Å². The van der Waals surface area contributed by atoms with E-state index < -0.39 is 0 Å². The Labute approximate surface area is 118 Å². The summed E-state index contributed by atoms with van der Waals surface area (Å²) in [5, 5.41) is 8.34. The average molecular weight is 265 g/mol. The molecule has 0 radical (unpaired) electrons. The summed E-state index contributed by atoms with van der Waals surface area (Å²) in [6.07, 6.45) is 2.07. The van der Waals surface area contributed by atoms with Crippen LogP contribution in [0.5, 0.6) is 0 Å². The molecule has 1 rings (SSSR count). The summed E-state index contributed by atoms with van der Waals surface area (Å²) in [5.74, 6) is 0.564. The maximum Gasteiger partial charge on any atom is 0.0624 e. The van der Waals surface area contributed by atoms with Gasteiger partial charge in [0, 0.05) is 17.8 Å². The molecule has 0 aliphatic carbocycles. The van der Waals surface area contributed by atoms with Gasteiger partial charge in [-0.25, -0.2) is 0 Å². The molecular weight excluding hydrogens is 234 g/mol. The van der Waals surface area contributed by atoms with Crippen molar-refractivity contribution in [2.45, 2.75) is 72.9 Å². The maximum atomic E-state index is 4.75. The Morgan fingerprint density at radius 2 is 1.84 bits per heavy atom. The summed E-state index contributed by atoms with van der Waals surface area (Å²) >= 11 is 0. The highest BCUT2D eigenvalue weighted by Crippen LogP contribution is 2.20. The molecule has 0 fully saturated rings. The molecule has 0 aliphatic rings. The fraction of sp³-hybridized carbons (Fsp3) is 0.812. The van der Waals surface area contributed by atoms with Gasteiger partial charge >= 0.3 is 0 Å². The van der Waals surface area contributed by atoms with Crippen molar-refractivity contribution in [3.8, 4) is 0 Å². The Kier molecular flexibility index (Phi) is 5.60. The molecule has 0 spiro atoms. The summed E-state index contributed by atoms with van der Waals surface area (Å²) in [7, 11) is 0. The van der Waals surface area contributed by atoms with E-state index in [0.29, 0.717) is 12.0 Å². The summed E-state index contributed by atoms with van der Waals surface area (Å²) in [5.41, 5.74) is 2.74. The minimum atomic E-state index is 0.181. The zero-order valence-corrected chi connectivity index (χ0v) is 13.7. The van der Waals surface area contributed by atoms with Crippen molar-refractivity contribution in [2.24, 2.45) is 5.92 Å². The van der Waals surface area contributed by atoms with Crippen molar-refractivity contribution in [2.75, 3.05) is 6.54 Å². The van der Waals surface area contributed by atoms with Crippen LogP contribution in [0.4, 0.5) is 0 Å². The summed E-state index contributed by atoms with van der Waals surface area (Å²) in [6.45, 7) is 16.6. The van der Waals surface area contributed by atoms with Crippen LogP contribution in [0.15, 0.2) is 6.07 Å². The van der Waals surface area contributed by atoms with Gasteiger partial charge in [-0.2, -0.15) is 5.10 Å². The van der Waals surface area contributed by atoms with Crippen LogP contribution in [0, 0.1) is 5.92 Å². The van der Waals surface area contributed by atoms with E-state index in [-0.39, 0.29) is 5.54 Å². The van der Waals surface area contributed by atoms with Crippen LogP contribution < -0.4 is 5.32 Å². The van der Waals surface area contributed by atoms with E-state index >= 15 is 0 Å². The predicted molar refractivity (Wildman–Crippen MR) is 82.6 cm³/mol. The van der Waals surface area contributed by atoms with Gasteiger partial charge in [0.25, 0.3) is 0 Å². The smallest absolute Gasteiger partial charge is 0.0624 e. The molecule has 3 heteroatoms. The monoisotopic (exact) mass is 265 g/mol. The van der Waals surface area contributed by atoms with Crippen LogP contribution in [0.25, 0.3) is 0 Å². The lowest BCUT2D eigenvalue weighted by Crippen LogP contribution is -2.40. The molecular formula is C16H31N3. The third-order valence-corrected chi connectivity index (χ3v) is 3.75. The molecule has 0 saturated heterocycles. The first kappa shape index (κ1) is 16.2. The molecule has 3 nitrogen and oxygen atoms in total. The van der Waals surface area contributed by atoms with Gasteiger partial charge < -0.3 is 5.32 Å². The van der Waals surface area contributed by atoms with E-state index in [4.69, 9.17) is 5.10 Å². The van der Waals surface area contributed by atoms with Crippen molar-refractivity contribution < 1.29 is 0 Å². The van der Waals surface area contributed by atoms with Gasteiger partial charge in [0.2, 0.25) is 0 Å². The van der Waals surface area contributed by atoms with Crippen LogP contribution in [-0.4, -0.2) is 21.9 Å². The number of nitrogens with zero attached hydrogens (tertiary/aromatic N) is 2. The van der Waals surface area contributed by atoms with Crippen molar-refractivity contribution >= 4 is 0 Å². The number of nitrogens with one attached hydrogen (secondary N) is 1. The zero-order valence-electron chi connectivity index (χ0n) is 13.7. The lowest BCUT2D eigenvalue weighted by Gasteiger charge is -2.27. The van der Waals surface area contributed by atoms with Gasteiger partial charge in [-0.15, -0.1) is 0 Å². The van der Waals surface area contributed by atoms with Gasteiger partial charge in [-0.3, -0.25) is 4.68 Å². The minimum absolute atomic E-state index is 0.181. The fourth-order valence-corrected chi connectivity index (χ4v) is 2.16. The standard InChI is InChI=1S/C16H31N3/c1-8-14-10-15(9-2)19(18-14)13(4)12(3)11-17-16(5,6)7/h10,12-13,17H,8-9,11H2,1-7H3. The summed E-state index contributed by atoms with van der Waals surface area (Å²) in [4.78, 5) is 0. The molecule has 0 saturated carbocycles. The Morgan fingerprint density at radius 1 is 1.21 bits per heavy atom. The van der Waals surface area contributed by atoms with Crippen molar-refractivity contribution in [1.82, 2.24) is 15.1 Å². The molecule has 0 bridgehead atoms. The highest BCUT2D eigenvalue weighted by Gasteiger charge is 2.20. The second kappa shape index (κ2) is 6.56. The minimum Gasteiger partial charge on any atom is -0.312 e. The van der Waals surface area contributed by atoms with Crippen LogP contribution >= 0.6 is 0 Å². The normalized spacial score (nSPS) is 15.5. The van der Waals surface area contributed by atoms with Crippen LogP contribution in [0.2, 0.25) is 0 Å². The summed E-state index contributed by atoms with van der Waals surface area (Å²) < 4.78 is 2.23. The van der Waals surface area contributed by atoms with Gasteiger partial charge in [0.15, 0.2) is 0 Å². The number of aryl methyl sites for hydroxylation is 2. The Morgan fingerprint density at radius 3 is 2.32 bits per heavy atom. The van der Waals surface area contributed by atoms with Gasteiger partial charge in [-0.05, 0) is 52.5 Å². The van der Waals surface area contributed by atoms with Gasteiger partial charge in [0.1, 0.15) is 0 Å². The molecule has 1 aromatic rings. The Bertz CT molecular complexity index is 387. The van der Waals surface area contributed by atoms with E-state index in [1.807, 2.05) is 0 Å². The van der Waals surface area contributed by atoms with Crippen molar-refractivity contribution in [1.29, 1.82) is 0 Å². The average Bonchev–Trinajstić information content (AvgIpc) is 2.77. The summed E-state index contributed by atoms with van der Waals surface area (Å²) in [6, 6.07) is 2.69. The van der Waals surface area contributed by atoms with E-state index in [1.165, 1.54) is 11.4 Å². The molecule has 0 aliphatic heterocycles. The second-order valence-corrected chi connectivity index (χ2v) is 6.63. The topological polar surface area (TPSA) is 29.9 Å². The van der Waals surface area contributed by atoms with Crippen LogP contribution in [0.3, 0.4) is 0 Å². The number of aromatic nitrogens is 2. The molecule has 1 N–H and O–H groups in total. The predicted octanol–water partition coefficient (Wildman–Crippen LogP) is 3.59. The first-order chi connectivity index (χ1) is 8.78. The van der Waals surface area contributed by atoms with Crippen LogP contribution in [-0.2, 0) is 12.8 Å². The number of hydrogen-bond donors (Lipinski definition) is 1. The molecule has 19 heavy (non-hydrogen) atoms. The van der Waals surface area contributed by atoms with E-state index in [2.05, 4.69) is 64.5 Å². The Hall–Kier alpha value is -0.830. The van der Waals surface area contributed by atoms with Gasteiger partial charge in [0.05, 0.1) is 11.7 Å². The first-order valence-electron chi connectivity index (χ1n) is 7.60. The quantitative estimate of drug-likeness (QED) is 0.852. The number of rotatable bonds is 6. The molecule has 0 amide bonds. The molecule has 1 heterocycles. The lowest BCUT2D eigenvalue weighted by atomic mass is 10.0. The van der Waals surface area contributed by atoms with Crippen molar-refractivity contribution in [3.05, 3.63) is 17.5 Å². The van der Waals surface area contributed by atoms with Crippen LogP contribution in [0.1, 0.15) is 65.9 Å². The number of hydrogen-bond acceptors (Lipinski definition) is 2. The zero-order chi connectivity index (χ0) is 14.6. The largest absolute Gasteiger partial charge is 0.312 e. The van der Waals surface area contributed by atoms with E-state index in [0.717, 1.165) is 19.4 Å². The lowest BCUT2D eigenvalue weighted by molar-refractivity contribution is 0.297. The third-order valence-electron chi connectivity index (χ3n) is 3.75.